The Morgan fingerprint density at radius 2 is 2.24 bits per heavy atom. The minimum atomic E-state index is -0.419. The predicted molar refractivity (Wildman–Crippen MR) is 64.7 cm³/mol. The van der Waals surface area contributed by atoms with Gasteiger partial charge < -0.3 is 9.84 Å². The molecule has 0 unspecified atom stereocenters. The van der Waals surface area contributed by atoms with Crippen molar-refractivity contribution in [3.8, 4) is 6.07 Å². The van der Waals surface area contributed by atoms with E-state index in [1.165, 1.54) is 0 Å². The van der Waals surface area contributed by atoms with Crippen molar-refractivity contribution in [3.63, 3.8) is 0 Å². The first-order chi connectivity index (χ1) is 8.13. The van der Waals surface area contributed by atoms with E-state index in [1.54, 1.807) is 19.1 Å². The molecule has 1 aromatic carbocycles. The Bertz CT molecular complexity index is 466. The number of nitriles is 1. The summed E-state index contributed by atoms with van der Waals surface area (Å²) in [6, 6.07) is 5.20. The Balaban J connectivity index is 3.15. The number of rotatable bonds is 4. The third-order valence-corrected chi connectivity index (χ3v) is 2.73. The molecule has 0 fully saturated rings. The number of aliphatic hydroxyl groups excluding tert-OH is 1. The van der Waals surface area contributed by atoms with Crippen LogP contribution >= 0.6 is 12.6 Å². The third kappa shape index (κ3) is 3.22. The average Bonchev–Trinajstić information content (AvgIpc) is 2.30. The van der Waals surface area contributed by atoms with Crippen LogP contribution in [0, 0.1) is 11.3 Å². The van der Waals surface area contributed by atoms with Crippen LogP contribution in [-0.4, -0.2) is 17.7 Å². The van der Waals surface area contributed by atoms with Gasteiger partial charge in [-0.25, -0.2) is 0 Å². The molecule has 4 nitrogen and oxygen atoms in total. The number of esters is 1. The van der Waals surface area contributed by atoms with Crippen LogP contribution in [0.2, 0.25) is 0 Å². The van der Waals surface area contributed by atoms with Crippen molar-refractivity contribution >= 4 is 18.6 Å². The number of benzene rings is 1. The fourth-order valence-corrected chi connectivity index (χ4v) is 1.80. The first kappa shape index (κ1) is 13.6. The van der Waals surface area contributed by atoms with Crippen LogP contribution in [0.1, 0.15) is 23.6 Å². The molecule has 1 N–H and O–H groups in total. The highest BCUT2D eigenvalue weighted by molar-refractivity contribution is 7.80. The quantitative estimate of drug-likeness (QED) is 0.627. The van der Waals surface area contributed by atoms with Crippen LogP contribution in [0.3, 0.4) is 0 Å². The summed E-state index contributed by atoms with van der Waals surface area (Å²) in [5.41, 5.74) is 1.35. The van der Waals surface area contributed by atoms with E-state index in [4.69, 9.17) is 10.00 Å². The number of hydrogen-bond acceptors (Lipinski definition) is 5. The highest BCUT2D eigenvalue weighted by atomic mass is 32.1. The van der Waals surface area contributed by atoms with E-state index in [0.29, 0.717) is 21.6 Å². The zero-order valence-corrected chi connectivity index (χ0v) is 10.3. The number of carbonyl (C=O) groups excluding carboxylic acids is 1. The summed E-state index contributed by atoms with van der Waals surface area (Å²) in [7, 11) is 0. The van der Waals surface area contributed by atoms with Crippen LogP contribution in [0.15, 0.2) is 17.0 Å². The Kier molecular flexibility index (Phi) is 5.01. The van der Waals surface area contributed by atoms with Gasteiger partial charge in [0.1, 0.15) is 0 Å². The van der Waals surface area contributed by atoms with Crippen molar-refractivity contribution in [2.75, 3.05) is 6.61 Å². The number of thiol groups is 1. The van der Waals surface area contributed by atoms with Crippen molar-refractivity contribution in [2.24, 2.45) is 0 Å². The van der Waals surface area contributed by atoms with Crippen LogP contribution in [0.5, 0.6) is 0 Å². The van der Waals surface area contributed by atoms with E-state index < -0.39 is 5.97 Å². The second-order valence-corrected chi connectivity index (χ2v) is 3.82. The first-order valence-electron chi connectivity index (χ1n) is 5.14. The molecule has 0 aliphatic heterocycles. The van der Waals surface area contributed by atoms with E-state index in [2.05, 4.69) is 12.6 Å². The number of aliphatic hydroxyl groups is 1. The largest absolute Gasteiger partial charge is 0.466 e. The fraction of sp³-hybridized carbons (Fsp3) is 0.333. The topological polar surface area (TPSA) is 70.3 Å². The standard InChI is InChI=1S/C12H13NO3S/c1-2-16-12(15)5-9-8(6-13)3-4-11(17)10(9)7-14/h3-4,14,17H,2,5,7H2,1H3. The van der Waals surface area contributed by atoms with E-state index in [1.807, 2.05) is 6.07 Å². The van der Waals surface area contributed by atoms with Crippen LogP contribution in [0.25, 0.3) is 0 Å². The molecule has 0 bridgehead atoms. The summed E-state index contributed by atoms with van der Waals surface area (Å²) in [6.07, 6.45) is -0.0268. The van der Waals surface area contributed by atoms with Gasteiger partial charge in [0.2, 0.25) is 0 Å². The van der Waals surface area contributed by atoms with E-state index in [-0.39, 0.29) is 19.6 Å². The van der Waals surface area contributed by atoms with Crippen LogP contribution < -0.4 is 0 Å². The zero-order valence-electron chi connectivity index (χ0n) is 9.43. The van der Waals surface area contributed by atoms with Gasteiger partial charge in [-0.05, 0) is 30.2 Å². The predicted octanol–water partition coefficient (Wildman–Crippen LogP) is 1.44. The average molecular weight is 251 g/mol. The summed E-state index contributed by atoms with van der Waals surface area (Å²) >= 11 is 4.19. The summed E-state index contributed by atoms with van der Waals surface area (Å²) in [5, 5.41) is 18.2. The minimum absolute atomic E-state index is 0.0268. The Hall–Kier alpha value is -1.51. The normalized spacial score (nSPS) is 9.76. The second-order valence-electron chi connectivity index (χ2n) is 3.34. The molecule has 0 spiro atoms. The van der Waals surface area contributed by atoms with Crippen molar-refractivity contribution in [1.29, 1.82) is 5.26 Å². The maximum absolute atomic E-state index is 11.4. The molecule has 0 amide bonds. The molecule has 90 valence electrons. The molecular weight excluding hydrogens is 238 g/mol. The lowest BCUT2D eigenvalue weighted by Crippen LogP contribution is -2.11. The lowest BCUT2D eigenvalue weighted by molar-refractivity contribution is -0.142. The maximum Gasteiger partial charge on any atom is 0.310 e. The van der Waals surface area contributed by atoms with Gasteiger partial charge in [0.25, 0.3) is 0 Å². The molecule has 0 aliphatic carbocycles. The van der Waals surface area contributed by atoms with Crippen molar-refractivity contribution in [2.45, 2.75) is 24.8 Å². The van der Waals surface area contributed by atoms with E-state index in [0.717, 1.165) is 0 Å². The molecule has 0 saturated heterocycles. The lowest BCUT2D eigenvalue weighted by Gasteiger charge is -2.11. The molecule has 0 saturated carbocycles. The van der Waals surface area contributed by atoms with Gasteiger partial charge in [-0.3, -0.25) is 4.79 Å². The van der Waals surface area contributed by atoms with Crippen LogP contribution in [-0.2, 0) is 22.6 Å². The van der Waals surface area contributed by atoms with Crippen molar-refractivity contribution < 1.29 is 14.6 Å². The SMILES string of the molecule is CCOC(=O)Cc1c(C#N)ccc(S)c1CO. The molecule has 0 radical (unpaired) electrons. The third-order valence-electron chi connectivity index (χ3n) is 2.31. The smallest absolute Gasteiger partial charge is 0.310 e. The molecule has 0 aliphatic rings. The molecule has 17 heavy (non-hydrogen) atoms. The van der Waals surface area contributed by atoms with Gasteiger partial charge in [0.05, 0.1) is 31.3 Å². The van der Waals surface area contributed by atoms with Gasteiger partial charge in [-0.15, -0.1) is 12.6 Å². The zero-order chi connectivity index (χ0) is 12.8. The summed E-state index contributed by atoms with van der Waals surface area (Å²) in [6.45, 7) is 1.74. The summed E-state index contributed by atoms with van der Waals surface area (Å²) < 4.78 is 4.83. The molecule has 5 heteroatoms. The van der Waals surface area contributed by atoms with Crippen LogP contribution in [0.4, 0.5) is 0 Å². The highest BCUT2D eigenvalue weighted by Crippen LogP contribution is 2.23. The Morgan fingerprint density at radius 1 is 1.53 bits per heavy atom. The maximum atomic E-state index is 11.4. The number of hydrogen-bond donors (Lipinski definition) is 2. The highest BCUT2D eigenvalue weighted by Gasteiger charge is 2.15. The van der Waals surface area contributed by atoms with Gasteiger partial charge in [-0.2, -0.15) is 5.26 Å². The van der Waals surface area contributed by atoms with Crippen molar-refractivity contribution in [1.82, 2.24) is 0 Å². The van der Waals surface area contributed by atoms with Gasteiger partial charge in [0, 0.05) is 4.90 Å². The lowest BCUT2D eigenvalue weighted by atomic mass is 9.99. The van der Waals surface area contributed by atoms with E-state index >= 15 is 0 Å². The first-order valence-corrected chi connectivity index (χ1v) is 5.59. The van der Waals surface area contributed by atoms with Gasteiger partial charge >= 0.3 is 5.97 Å². The number of nitrogens with zero attached hydrogens (tertiary/aromatic N) is 1. The monoisotopic (exact) mass is 251 g/mol. The van der Waals surface area contributed by atoms with Crippen molar-refractivity contribution in [3.05, 3.63) is 28.8 Å². The fourth-order valence-electron chi connectivity index (χ4n) is 1.52. The Morgan fingerprint density at radius 3 is 2.76 bits per heavy atom. The molecule has 1 rings (SSSR count). The van der Waals surface area contributed by atoms with E-state index in [9.17, 15) is 9.90 Å². The molecule has 1 aromatic rings. The minimum Gasteiger partial charge on any atom is -0.466 e. The molecule has 0 aromatic heterocycles. The molecule has 0 heterocycles. The van der Waals surface area contributed by atoms with Gasteiger partial charge in [0.15, 0.2) is 0 Å². The second kappa shape index (κ2) is 6.28. The molecule has 0 atom stereocenters. The summed E-state index contributed by atoms with van der Waals surface area (Å²) in [4.78, 5) is 12.0. The van der Waals surface area contributed by atoms with Gasteiger partial charge in [-0.1, -0.05) is 0 Å². The Labute approximate surface area is 105 Å². The number of ether oxygens (including phenoxy) is 1. The number of carbonyl (C=O) groups is 1. The molecular formula is C12H13NO3S. The summed E-state index contributed by atoms with van der Waals surface area (Å²) in [5.74, 6) is -0.419.